The van der Waals surface area contributed by atoms with E-state index in [9.17, 15) is 27.2 Å². The van der Waals surface area contributed by atoms with Gasteiger partial charge >= 0.3 is 6.18 Å². The van der Waals surface area contributed by atoms with Gasteiger partial charge in [0.25, 0.3) is 11.5 Å². The van der Waals surface area contributed by atoms with Crippen LogP contribution in [-0.4, -0.2) is 10.5 Å². The lowest BCUT2D eigenvalue weighted by molar-refractivity contribution is -0.139. The van der Waals surface area contributed by atoms with Gasteiger partial charge in [0.15, 0.2) is 0 Å². The molecule has 3 rings (SSSR count). The van der Waals surface area contributed by atoms with Crippen molar-refractivity contribution in [2.45, 2.75) is 19.6 Å². The van der Waals surface area contributed by atoms with E-state index < -0.39 is 29.0 Å². The Morgan fingerprint density at radius 3 is 2.48 bits per heavy atom. The fraction of sp³-hybridized carbons (Fsp3) is 0.143. The lowest BCUT2D eigenvalue weighted by atomic mass is 10.1. The highest BCUT2D eigenvalue weighted by Gasteiger charge is 2.34. The molecule has 29 heavy (non-hydrogen) atoms. The summed E-state index contributed by atoms with van der Waals surface area (Å²) in [6.45, 7) is 2.13. The van der Waals surface area contributed by atoms with Gasteiger partial charge in [0.05, 0.1) is 12.1 Å². The van der Waals surface area contributed by atoms with E-state index in [0.29, 0.717) is 12.1 Å². The maximum absolute atomic E-state index is 13.4. The Hall–Kier alpha value is -3.42. The van der Waals surface area contributed by atoms with Gasteiger partial charge in [-0.15, -0.1) is 0 Å². The summed E-state index contributed by atoms with van der Waals surface area (Å²) in [5, 5.41) is 2.22. The van der Waals surface area contributed by atoms with Crippen LogP contribution in [0.25, 0.3) is 0 Å². The SMILES string of the molecule is Cc1ccccc1Cn1cccc(C(=O)Nc2ccc(F)c(C(F)(F)F)c2)c1=O. The number of halogens is 4. The summed E-state index contributed by atoms with van der Waals surface area (Å²) in [5.41, 5.74) is -0.733. The number of pyridine rings is 1. The van der Waals surface area contributed by atoms with Crippen LogP contribution in [0.3, 0.4) is 0 Å². The second kappa shape index (κ2) is 7.90. The first-order valence-corrected chi connectivity index (χ1v) is 8.59. The zero-order valence-corrected chi connectivity index (χ0v) is 15.3. The number of rotatable bonds is 4. The van der Waals surface area contributed by atoms with Gasteiger partial charge in [0.1, 0.15) is 11.4 Å². The quantitative estimate of drug-likeness (QED) is 0.646. The number of benzene rings is 2. The number of alkyl halides is 3. The number of aromatic nitrogens is 1. The van der Waals surface area contributed by atoms with Crippen LogP contribution in [0.1, 0.15) is 27.0 Å². The summed E-state index contributed by atoms with van der Waals surface area (Å²) in [5.74, 6) is -2.33. The number of anilines is 1. The van der Waals surface area contributed by atoms with Crippen molar-refractivity contribution in [1.82, 2.24) is 4.57 Å². The van der Waals surface area contributed by atoms with Gasteiger partial charge in [-0.25, -0.2) is 4.39 Å². The minimum Gasteiger partial charge on any atom is -0.322 e. The Kier molecular flexibility index (Phi) is 5.54. The zero-order chi connectivity index (χ0) is 21.2. The van der Waals surface area contributed by atoms with E-state index in [-0.39, 0.29) is 17.8 Å². The smallest absolute Gasteiger partial charge is 0.322 e. The average Bonchev–Trinajstić information content (AvgIpc) is 2.65. The van der Waals surface area contributed by atoms with E-state index >= 15 is 0 Å². The highest BCUT2D eigenvalue weighted by molar-refractivity contribution is 6.04. The molecule has 1 aromatic heterocycles. The first kappa shape index (κ1) is 20.3. The van der Waals surface area contributed by atoms with Crippen LogP contribution >= 0.6 is 0 Å². The number of nitrogens with one attached hydrogen (secondary N) is 1. The fourth-order valence-corrected chi connectivity index (χ4v) is 2.82. The van der Waals surface area contributed by atoms with E-state index in [1.54, 1.807) is 0 Å². The first-order chi connectivity index (χ1) is 13.7. The molecule has 150 valence electrons. The molecule has 3 aromatic rings. The molecule has 0 saturated heterocycles. The third-order valence-electron chi connectivity index (χ3n) is 4.40. The molecule has 1 N–H and O–H groups in total. The molecule has 0 atom stereocenters. The van der Waals surface area contributed by atoms with Crippen molar-refractivity contribution in [1.29, 1.82) is 0 Å². The molecular formula is C21H16F4N2O2. The third kappa shape index (κ3) is 4.53. The summed E-state index contributed by atoms with van der Waals surface area (Å²) in [4.78, 5) is 25.1. The highest BCUT2D eigenvalue weighted by atomic mass is 19.4. The van der Waals surface area contributed by atoms with Crippen molar-refractivity contribution in [2.75, 3.05) is 5.32 Å². The molecule has 1 amide bonds. The lowest BCUT2D eigenvalue weighted by Crippen LogP contribution is -2.29. The number of amides is 1. The van der Waals surface area contributed by atoms with E-state index in [1.807, 2.05) is 31.2 Å². The molecule has 8 heteroatoms. The largest absolute Gasteiger partial charge is 0.419 e. The Morgan fingerprint density at radius 1 is 1.07 bits per heavy atom. The van der Waals surface area contributed by atoms with Gasteiger partial charge in [-0.1, -0.05) is 24.3 Å². The van der Waals surface area contributed by atoms with Crippen molar-refractivity contribution < 1.29 is 22.4 Å². The summed E-state index contributed by atoms with van der Waals surface area (Å²) >= 11 is 0. The summed E-state index contributed by atoms with van der Waals surface area (Å²) in [7, 11) is 0. The molecule has 0 aliphatic rings. The lowest BCUT2D eigenvalue weighted by Gasteiger charge is -2.12. The molecule has 0 radical (unpaired) electrons. The van der Waals surface area contributed by atoms with Gasteiger partial charge in [-0.3, -0.25) is 9.59 Å². The monoisotopic (exact) mass is 404 g/mol. The fourth-order valence-electron chi connectivity index (χ4n) is 2.82. The number of hydrogen-bond acceptors (Lipinski definition) is 2. The van der Waals surface area contributed by atoms with E-state index in [2.05, 4.69) is 5.32 Å². The molecule has 0 unspecified atom stereocenters. The Bertz CT molecular complexity index is 1120. The summed E-state index contributed by atoms with van der Waals surface area (Å²) < 4.78 is 53.3. The van der Waals surface area contributed by atoms with Crippen LogP contribution < -0.4 is 10.9 Å². The first-order valence-electron chi connectivity index (χ1n) is 8.59. The number of nitrogens with zero attached hydrogens (tertiary/aromatic N) is 1. The molecule has 0 aliphatic heterocycles. The van der Waals surface area contributed by atoms with Crippen molar-refractivity contribution in [3.8, 4) is 0 Å². The molecule has 1 heterocycles. The van der Waals surface area contributed by atoms with Crippen molar-refractivity contribution >= 4 is 11.6 Å². The molecular weight excluding hydrogens is 388 g/mol. The summed E-state index contributed by atoms with van der Waals surface area (Å²) in [6.07, 6.45) is -3.39. The topological polar surface area (TPSA) is 51.1 Å². The van der Waals surface area contributed by atoms with Gasteiger partial charge < -0.3 is 9.88 Å². The van der Waals surface area contributed by atoms with Gasteiger partial charge in [-0.2, -0.15) is 13.2 Å². The van der Waals surface area contributed by atoms with Gasteiger partial charge in [0, 0.05) is 11.9 Å². The summed E-state index contributed by atoms with van der Waals surface area (Å²) in [6, 6.07) is 12.3. The zero-order valence-electron chi connectivity index (χ0n) is 15.3. The predicted molar refractivity (Wildman–Crippen MR) is 100 cm³/mol. The van der Waals surface area contributed by atoms with Crippen molar-refractivity contribution in [2.24, 2.45) is 0 Å². The Morgan fingerprint density at radius 2 is 1.79 bits per heavy atom. The van der Waals surface area contributed by atoms with Gasteiger partial charge in [0.2, 0.25) is 0 Å². The molecule has 4 nitrogen and oxygen atoms in total. The van der Waals surface area contributed by atoms with Crippen molar-refractivity contribution in [3.63, 3.8) is 0 Å². The van der Waals surface area contributed by atoms with Crippen LogP contribution in [0, 0.1) is 12.7 Å². The number of carbonyl (C=O) groups excluding carboxylic acids is 1. The maximum atomic E-state index is 13.4. The van der Waals surface area contributed by atoms with Crippen LogP contribution in [-0.2, 0) is 12.7 Å². The maximum Gasteiger partial charge on any atom is 0.419 e. The standard InChI is InChI=1S/C21H16F4N2O2/c1-13-5-2-3-6-14(13)12-27-10-4-7-16(20(27)29)19(28)26-15-8-9-18(22)17(11-15)21(23,24)25/h2-11H,12H2,1H3,(H,26,28). The molecule has 0 spiro atoms. The molecule has 0 bridgehead atoms. The molecule has 0 fully saturated rings. The normalized spacial score (nSPS) is 11.3. The molecule has 0 saturated carbocycles. The number of aryl methyl sites for hydroxylation is 1. The Balaban J connectivity index is 1.87. The van der Waals surface area contributed by atoms with E-state index in [0.717, 1.165) is 17.2 Å². The number of carbonyl (C=O) groups is 1. The Labute approximate surface area is 163 Å². The third-order valence-corrected chi connectivity index (χ3v) is 4.40. The highest BCUT2D eigenvalue weighted by Crippen LogP contribution is 2.33. The van der Waals surface area contributed by atoms with Crippen LogP contribution in [0.4, 0.5) is 23.2 Å². The predicted octanol–water partition coefficient (Wildman–Crippen LogP) is 4.62. The van der Waals surface area contributed by atoms with Gasteiger partial charge in [-0.05, 0) is 48.4 Å². The minimum absolute atomic E-state index is 0.237. The second-order valence-electron chi connectivity index (χ2n) is 6.43. The van der Waals surface area contributed by atoms with Crippen LogP contribution in [0.5, 0.6) is 0 Å². The minimum atomic E-state index is -4.90. The van der Waals surface area contributed by atoms with E-state index in [4.69, 9.17) is 0 Å². The molecule has 2 aromatic carbocycles. The second-order valence-corrected chi connectivity index (χ2v) is 6.43. The number of hydrogen-bond donors (Lipinski definition) is 1. The van der Waals surface area contributed by atoms with Crippen LogP contribution in [0.15, 0.2) is 65.6 Å². The average molecular weight is 404 g/mol. The van der Waals surface area contributed by atoms with Crippen LogP contribution in [0.2, 0.25) is 0 Å². The molecule has 0 aliphatic carbocycles. The van der Waals surface area contributed by atoms with E-state index in [1.165, 1.54) is 22.9 Å². The van der Waals surface area contributed by atoms with Crippen molar-refractivity contribution in [3.05, 3.63) is 99.2 Å².